The van der Waals surface area contributed by atoms with E-state index in [0.29, 0.717) is 24.7 Å². The summed E-state index contributed by atoms with van der Waals surface area (Å²) in [5.41, 5.74) is 2.11. The molecule has 34 heavy (non-hydrogen) atoms. The van der Waals surface area contributed by atoms with Gasteiger partial charge in [-0.1, -0.05) is 44.2 Å². The number of carbonyl (C=O) groups excluding carboxylic acids is 2. The summed E-state index contributed by atoms with van der Waals surface area (Å²) in [4.78, 5) is 24.6. The first kappa shape index (κ1) is 26.6. The Hall–Kier alpha value is -1.98. The number of allylic oxidation sites excluding steroid dienone is 5. The molecule has 0 aliphatic heterocycles. The van der Waals surface area contributed by atoms with Gasteiger partial charge in [0.05, 0.1) is 19.3 Å². The molecule has 6 atom stereocenters. The van der Waals surface area contributed by atoms with E-state index in [-0.39, 0.29) is 17.1 Å². The van der Waals surface area contributed by atoms with Crippen LogP contribution in [0, 0.1) is 28.6 Å². The average molecular weight is 471 g/mol. The minimum atomic E-state index is -1.17. The monoisotopic (exact) mass is 470 g/mol. The van der Waals surface area contributed by atoms with Crippen LogP contribution in [-0.2, 0) is 14.3 Å². The third-order valence-corrected chi connectivity index (χ3v) is 8.80. The molecule has 0 unspecified atom stereocenters. The molecule has 0 aromatic carbocycles. The van der Waals surface area contributed by atoms with Gasteiger partial charge in [-0.15, -0.1) is 0 Å². The van der Waals surface area contributed by atoms with E-state index in [9.17, 15) is 19.8 Å². The summed E-state index contributed by atoms with van der Waals surface area (Å²) in [6, 6.07) is 0. The number of fused-ring (bicyclic) bond motifs is 1. The van der Waals surface area contributed by atoms with Gasteiger partial charge in [-0.3, -0.25) is 9.59 Å². The van der Waals surface area contributed by atoms with Crippen LogP contribution in [0.25, 0.3) is 0 Å². The average Bonchev–Trinajstić information content (AvgIpc) is 3.15. The first-order valence-corrected chi connectivity index (χ1v) is 12.7. The van der Waals surface area contributed by atoms with Crippen molar-refractivity contribution in [2.24, 2.45) is 28.6 Å². The molecule has 0 bridgehead atoms. The molecular weight excluding hydrogens is 428 g/mol. The zero-order valence-electron chi connectivity index (χ0n) is 21.5. The maximum absolute atomic E-state index is 12.7. The molecule has 2 N–H and O–H groups in total. The van der Waals surface area contributed by atoms with E-state index < -0.39 is 23.6 Å². The van der Waals surface area contributed by atoms with Gasteiger partial charge in [-0.2, -0.15) is 0 Å². The minimum absolute atomic E-state index is 0.163. The Labute approximate surface area is 204 Å². The highest BCUT2D eigenvalue weighted by Crippen LogP contribution is 2.59. The molecule has 5 nitrogen and oxygen atoms in total. The summed E-state index contributed by atoms with van der Waals surface area (Å²) in [5.74, 6) is 0.451. The Balaban J connectivity index is 1.75. The lowest BCUT2D eigenvalue weighted by molar-refractivity contribution is -0.154. The molecule has 0 spiro atoms. The van der Waals surface area contributed by atoms with E-state index in [1.807, 2.05) is 6.08 Å². The quantitative estimate of drug-likeness (QED) is 0.321. The highest BCUT2D eigenvalue weighted by Gasteiger charge is 2.50. The number of rotatable bonds is 6. The van der Waals surface area contributed by atoms with Gasteiger partial charge in [0.1, 0.15) is 5.41 Å². The van der Waals surface area contributed by atoms with Crippen LogP contribution in [0.3, 0.4) is 0 Å². The molecule has 0 heterocycles. The molecule has 3 aliphatic carbocycles. The van der Waals surface area contributed by atoms with Crippen LogP contribution in [0.1, 0.15) is 72.6 Å². The molecule has 188 valence electrons. The van der Waals surface area contributed by atoms with Crippen molar-refractivity contribution >= 4 is 11.8 Å². The molecule has 5 heteroatoms. The van der Waals surface area contributed by atoms with Crippen molar-refractivity contribution in [2.45, 2.75) is 84.8 Å². The van der Waals surface area contributed by atoms with Gasteiger partial charge in [-0.25, -0.2) is 0 Å². The molecule has 3 rings (SSSR count). The first-order chi connectivity index (χ1) is 15.9. The van der Waals surface area contributed by atoms with Gasteiger partial charge in [0.2, 0.25) is 0 Å². The predicted molar refractivity (Wildman–Crippen MR) is 134 cm³/mol. The van der Waals surface area contributed by atoms with Crippen molar-refractivity contribution in [3.05, 3.63) is 47.6 Å². The van der Waals surface area contributed by atoms with Crippen molar-refractivity contribution in [3.8, 4) is 0 Å². The Morgan fingerprint density at radius 3 is 2.62 bits per heavy atom. The van der Waals surface area contributed by atoms with Gasteiger partial charge >= 0.3 is 5.97 Å². The lowest BCUT2D eigenvalue weighted by atomic mass is 9.61. The van der Waals surface area contributed by atoms with Gasteiger partial charge < -0.3 is 14.9 Å². The van der Waals surface area contributed by atoms with E-state index in [0.717, 1.165) is 36.8 Å². The van der Waals surface area contributed by atoms with Crippen LogP contribution in [0.15, 0.2) is 47.6 Å². The van der Waals surface area contributed by atoms with Crippen LogP contribution in [-0.4, -0.2) is 41.3 Å². The lowest BCUT2D eigenvalue weighted by Gasteiger charge is -2.44. The Bertz CT molecular complexity index is 907. The number of ketones is 1. The number of esters is 1. The number of ether oxygens (including phenoxy) is 1. The zero-order valence-corrected chi connectivity index (χ0v) is 21.5. The maximum atomic E-state index is 12.7. The molecule has 3 saturated carbocycles. The van der Waals surface area contributed by atoms with E-state index in [1.165, 1.54) is 19.1 Å². The fourth-order valence-corrected chi connectivity index (χ4v) is 6.55. The highest BCUT2D eigenvalue weighted by atomic mass is 16.5. The molecule has 0 aromatic heterocycles. The molecule has 3 aliphatic rings. The number of aliphatic hydroxyl groups excluding tert-OH is 2. The van der Waals surface area contributed by atoms with E-state index in [1.54, 1.807) is 19.9 Å². The Morgan fingerprint density at radius 1 is 1.24 bits per heavy atom. The van der Waals surface area contributed by atoms with Crippen LogP contribution in [0.5, 0.6) is 0 Å². The normalized spacial score (nSPS) is 35.6. The van der Waals surface area contributed by atoms with Crippen LogP contribution >= 0.6 is 0 Å². The van der Waals surface area contributed by atoms with Crippen molar-refractivity contribution < 1.29 is 24.5 Å². The molecule has 0 amide bonds. The van der Waals surface area contributed by atoms with Crippen molar-refractivity contribution in [1.82, 2.24) is 0 Å². The van der Waals surface area contributed by atoms with Gasteiger partial charge in [0.25, 0.3) is 0 Å². The summed E-state index contributed by atoms with van der Waals surface area (Å²) in [6.45, 7) is 11.8. The van der Waals surface area contributed by atoms with Crippen LogP contribution < -0.4 is 0 Å². The first-order valence-electron chi connectivity index (χ1n) is 12.7. The predicted octanol–water partition coefficient (Wildman–Crippen LogP) is 5.09. The Kier molecular flexibility index (Phi) is 8.09. The summed E-state index contributed by atoms with van der Waals surface area (Å²) in [5, 5.41) is 20.2. The topological polar surface area (TPSA) is 83.8 Å². The van der Waals surface area contributed by atoms with Gasteiger partial charge in [-0.05, 0) is 92.8 Å². The Morgan fingerprint density at radius 2 is 1.94 bits per heavy atom. The van der Waals surface area contributed by atoms with Gasteiger partial charge in [0, 0.05) is 6.42 Å². The minimum Gasteiger partial charge on any atom is -0.468 e. The fraction of sp³-hybridized carbons (Fsp3) is 0.655. The molecule has 0 aromatic rings. The third-order valence-electron chi connectivity index (χ3n) is 8.80. The summed E-state index contributed by atoms with van der Waals surface area (Å²) in [7, 11) is 1.31. The molecular formula is C29H42O5. The van der Waals surface area contributed by atoms with E-state index in [4.69, 9.17) is 4.74 Å². The lowest BCUT2D eigenvalue weighted by Crippen LogP contribution is -2.36. The van der Waals surface area contributed by atoms with Gasteiger partial charge in [0.15, 0.2) is 5.78 Å². The summed E-state index contributed by atoms with van der Waals surface area (Å²) >= 11 is 0. The van der Waals surface area contributed by atoms with Crippen molar-refractivity contribution in [3.63, 3.8) is 0 Å². The largest absolute Gasteiger partial charge is 0.468 e. The highest BCUT2D eigenvalue weighted by molar-refractivity contribution is 6.08. The maximum Gasteiger partial charge on any atom is 0.319 e. The second kappa shape index (κ2) is 10.3. The zero-order chi connectivity index (χ0) is 25.3. The number of methoxy groups -OCH3 is 1. The summed E-state index contributed by atoms with van der Waals surface area (Å²) in [6.07, 6.45) is 13.2. The van der Waals surface area contributed by atoms with Crippen molar-refractivity contribution in [2.75, 3.05) is 7.11 Å². The second-order valence-corrected chi connectivity index (χ2v) is 11.4. The van der Waals surface area contributed by atoms with Crippen molar-refractivity contribution in [1.29, 1.82) is 0 Å². The van der Waals surface area contributed by atoms with Crippen LogP contribution in [0.2, 0.25) is 0 Å². The second-order valence-electron chi connectivity index (χ2n) is 11.4. The summed E-state index contributed by atoms with van der Waals surface area (Å²) < 4.78 is 4.79. The van der Waals surface area contributed by atoms with E-state index in [2.05, 4.69) is 32.6 Å². The molecule has 0 saturated heterocycles. The third kappa shape index (κ3) is 5.16. The smallest absolute Gasteiger partial charge is 0.319 e. The fourth-order valence-electron chi connectivity index (χ4n) is 6.55. The standard InChI is InChI=1S/C29H42O5/c1-18(9-14-26(32)28(3,4)27(33)34-6)23-12-13-24-20(8-7-15-29(23,24)5)10-11-21-16-22(30)17-25(31)19(21)2/h9-11,14,18,22-25,30-31H,2,7-8,12-13,15-17H2,1,3-6H3/b14-9+,20-10+,21-11-/t18-,22-,23-,24+,25+,29-/m1/s1. The molecule has 0 radical (unpaired) electrons. The molecule has 3 fully saturated rings. The van der Waals surface area contributed by atoms with E-state index >= 15 is 0 Å². The number of aliphatic hydroxyl groups is 2. The number of carbonyl (C=O) groups is 2. The number of hydrogen-bond donors (Lipinski definition) is 2. The van der Waals surface area contributed by atoms with Crippen LogP contribution in [0.4, 0.5) is 0 Å². The SMILES string of the molecule is C=C1/C(=C\C=C2/CCC[C@]3(C)[C@@H]([C@H](C)/C=C/C(=O)C(C)(C)C(=O)OC)CC[C@@H]23)C[C@@H](O)C[C@@H]1O. The number of hydrogen-bond acceptors (Lipinski definition) is 5.